The van der Waals surface area contributed by atoms with Crippen molar-refractivity contribution in [3.05, 3.63) is 41.1 Å². The minimum atomic E-state index is -1.71. The molecule has 0 fully saturated rings. The van der Waals surface area contributed by atoms with Gasteiger partial charge in [-0.1, -0.05) is 6.08 Å². The lowest BCUT2D eigenvalue weighted by atomic mass is 9.92. The first-order valence-corrected chi connectivity index (χ1v) is 8.05. The van der Waals surface area contributed by atoms with Crippen LogP contribution in [0.3, 0.4) is 0 Å². The number of carbonyl (C=O) groups excluding carboxylic acids is 3. The molecule has 0 amide bonds. The molecule has 10 heteroatoms. The highest BCUT2D eigenvalue weighted by molar-refractivity contribution is 5.94. The van der Waals surface area contributed by atoms with E-state index in [4.69, 9.17) is 9.47 Å². The predicted molar refractivity (Wildman–Crippen MR) is 86.4 cm³/mol. The molecule has 27 heavy (non-hydrogen) atoms. The predicted octanol–water partition coefficient (Wildman–Crippen LogP) is 0.808. The fourth-order valence-corrected chi connectivity index (χ4v) is 2.78. The number of rotatable bonds is 5. The second-order valence-electron chi connectivity index (χ2n) is 5.73. The van der Waals surface area contributed by atoms with Crippen LogP contribution in [-0.4, -0.2) is 61.1 Å². The molecule has 144 valence electrons. The third-order valence-electron chi connectivity index (χ3n) is 4.11. The van der Waals surface area contributed by atoms with Crippen molar-refractivity contribution in [2.24, 2.45) is 5.92 Å². The van der Waals surface area contributed by atoms with E-state index in [1.807, 2.05) is 0 Å². The maximum absolute atomic E-state index is 14.7. The minimum Gasteiger partial charge on any atom is -0.487 e. The number of methoxy groups -OCH3 is 2. The van der Waals surface area contributed by atoms with Gasteiger partial charge in [0.25, 0.3) is 0 Å². The number of aromatic nitrogens is 2. The van der Waals surface area contributed by atoms with Gasteiger partial charge in [0.2, 0.25) is 0 Å². The Hall–Kier alpha value is -3.17. The fourth-order valence-electron chi connectivity index (χ4n) is 2.78. The van der Waals surface area contributed by atoms with Crippen LogP contribution >= 0.6 is 0 Å². The first kappa shape index (κ1) is 18.6. The first-order valence-electron chi connectivity index (χ1n) is 8.05. The molecule has 1 aliphatic heterocycles. The number of hydrogen-bond acceptors (Lipinski definition) is 8. The van der Waals surface area contributed by atoms with Gasteiger partial charge in [-0.2, -0.15) is 5.10 Å². The van der Waals surface area contributed by atoms with Crippen molar-refractivity contribution < 1.29 is 37.7 Å². The summed E-state index contributed by atoms with van der Waals surface area (Å²) in [5, 5.41) is 3.90. The molecule has 0 radical (unpaired) electrons. The number of halogens is 1. The van der Waals surface area contributed by atoms with E-state index in [0.29, 0.717) is 6.61 Å². The Bertz CT molecular complexity index is 842. The van der Waals surface area contributed by atoms with Crippen LogP contribution in [0.25, 0.3) is 0 Å². The van der Waals surface area contributed by atoms with Crippen LogP contribution in [0.5, 0.6) is 0 Å². The molecule has 2 heterocycles. The molecule has 1 aromatic heterocycles. The largest absolute Gasteiger partial charge is 0.487 e. The molecule has 0 saturated carbocycles. The van der Waals surface area contributed by atoms with Crippen molar-refractivity contribution in [3.8, 4) is 0 Å². The van der Waals surface area contributed by atoms with E-state index in [2.05, 4.69) is 14.6 Å². The topological polar surface area (TPSA) is 106 Å². The smallest absolute Gasteiger partial charge is 0.358 e. The zero-order valence-corrected chi connectivity index (χ0v) is 14.6. The molecule has 0 aromatic carbocycles. The van der Waals surface area contributed by atoms with Gasteiger partial charge in [-0.05, 0) is 6.08 Å². The molecule has 1 aliphatic carbocycles. The zero-order chi connectivity index (χ0) is 19.6. The quantitative estimate of drug-likeness (QED) is 0.691. The van der Waals surface area contributed by atoms with Crippen LogP contribution in [0.15, 0.2) is 29.7 Å². The molecule has 0 bridgehead atoms. The van der Waals surface area contributed by atoms with Crippen LogP contribution in [0.1, 0.15) is 21.0 Å². The summed E-state index contributed by atoms with van der Waals surface area (Å²) >= 11 is 0. The van der Waals surface area contributed by atoms with E-state index < -0.39 is 36.4 Å². The molecular formula is C17H17FN2O7. The molecule has 2 atom stereocenters. The van der Waals surface area contributed by atoms with Crippen molar-refractivity contribution in [2.45, 2.75) is 12.7 Å². The van der Waals surface area contributed by atoms with Crippen LogP contribution in [0, 0.1) is 5.92 Å². The molecule has 2 aliphatic rings. The number of ether oxygens (including phenoxy) is 4. The summed E-state index contributed by atoms with van der Waals surface area (Å²) in [7, 11) is 2.30. The van der Waals surface area contributed by atoms with E-state index >= 15 is 0 Å². The highest BCUT2D eigenvalue weighted by Gasteiger charge is 2.37. The molecule has 0 saturated heterocycles. The maximum atomic E-state index is 14.7. The fraction of sp³-hybridized carbons (Fsp3) is 0.412. The Morgan fingerprint density at radius 3 is 2.63 bits per heavy atom. The number of allylic oxidation sites excluding steroid dienone is 3. The lowest BCUT2D eigenvalue weighted by molar-refractivity contribution is -0.124. The van der Waals surface area contributed by atoms with E-state index in [1.54, 1.807) is 0 Å². The number of nitrogens with zero attached hydrogens (tertiary/aromatic N) is 2. The number of hydrogen-bond donors (Lipinski definition) is 0. The van der Waals surface area contributed by atoms with Crippen molar-refractivity contribution in [2.75, 3.05) is 27.4 Å². The molecule has 2 unspecified atom stereocenters. The second-order valence-corrected chi connectivity index (χ2v) is 5.73. The van der Waals surface area contributed by atoms with Gasteiger partial charge in [-0.3, -0.25) is 4.79 Å². The number of esters is 2. The first-order chi connectivity index (χ1) is 13.0. The SMILES string of the molecule is COC(=O)c1cc(C(=O)OC)n(CC(=O)C2C=CC3=C(OCCO3)C2F)n1. The Labute approximate surface area is 153 Å². The second kappa shape index (κ2) is 7.60. The van der Waals surface area contributed by atoms with E-state index in [0.717, 1.165) is 25.0 Å². The van der Waals surface area contributed by atoms with Crippen molar-refractivity contribution in [3.63, 3.8) is 0 Å². The van der Waals surface area contributed by atoms with Gasteiger partial charge >= 0.3 is 11.9 Å². The van der Waals surface area contributed by atoms with Crippen LogP contribution < -0.4 is 0 Å². The average Bonchev–Trinajstić information content (AvgIpc) is 3.10. The summed E-state index contributed by atoms with van der Waals surface area (Å²) in [5.41, 5.74) is -0.297. The summed E-state index contributed by atoms with van der Waals surface area (Å²) in [6, 6.07) is 1.15. The average molecular weight is 380 g/mol. The monoisotopic (exact) mass is 380 g/mol. The summed E-state index contributed by atoms with van der Waals surface area (Å²) < 4.78 is 35.5. The third-order valence-corrected chi connectivity index (χ3v) is 4.11. The number of ketones is 1. The summed E-state index contributed by atoms with van der Waals surface area (Å²) in [6.07, 6.45) is 1.15. The Morgan fingerprint density at radius 2 is 1.93 bits per heavy atom. The minimum absolute atomic E-state index is 0.0222. The Kier molecular flexibility index (Phi) is 5.24. The maximum Gasteiger partial charge on any atom is 0.358 e. The van der Waals surface area contributed by atoms with E-state index in [1.165, 1.54) is 12.2 Å². The Morgan fingerprint density at radius 1 is 1.22 bits per heavy atom. The van der Waals surface area contributed by atoms with Gasteiger partial charge in [0.05, 0.1) is 20.1 Å². The van der Waals surface area contributed by atoms with Crippen molar-refractivity contribution in [1.29, 1.82) is 0 Å². The van der Waals surface area contributed by atoms with Gasteiger partial charge in [-0.15, -0.1) is 0 Å². The van der Waals surface area contributed by atoms with Crippen molar-refractivity contribution >= 4 is 17.7 Å². The van der Waals surface area contributed by atoms with Gasteiger partial charge in [-0.25, -0.2) is 18.7 Å². The molecule has 0 N–H and O–H groups in total. The molecule has 9 nitrogen and oxygen atoms in total. The normalized spacial score (nSPS) is 21.0. The standard InChI is InChI=1S/C17H17FN2O7/c1-24-16(22)10-7-11(17(23)25-2)20(19-10)8-12(21)9-3-4-13-15(14(9)18)27-6-5-26-13/h3-4,7,9,14H,5-6,8H2,1-2H3. The molecule has 3 rings (SSSR count). The summed E-state index contributed by atoms with van der Waals surface area (Å²) in [5.74, 6) is -3.04. The summed E-state index contributed by atoms with van der Waals surface area (Å²) in [6.45, 7) is 0.0586. The van der Waals surface area contributed by atoms with E-state index in [-0.39, 0.29) is 29.5 Å². The van der Waals surface area contributed by atoms with Gasteiger partial charge in [0, 0.05) is 6.07 Å². The van der Waals surface area contributed by atoms with Crippen LogP contribution in [0.2, 0.25) is 0 Å². The molecular weight excluding hydrogens is 363 g/mol. The highest BCUT2D eigenvalue weighted by Crippen LogP contribution is 2.31. The Balaban J connectivity index is 1.82. The number of Topliss-reactive ketones (excluding diaryl/α,β-unsaturated/α-hetero) is 1. The third kappa shape index (κ3) is 3.55. The van der Waals surface area contributed by atoms with Gasteiger partial charge < -0.3 is 18.9 Å². The lowest BCUT2D eigenvalue weighted by Gasteiger charge is -2.28. The van der Waals surface area contributed by atoms with Crippen LogP contribution in [-0.2, 0) is 30.3 Å². The summed E-state index contributed by atoms with van der Waals surface area (Å²) in [4.78, 5) is 36.2. The van der Waals surface area contributed by atoms with Crippen molar-refractivity contribution in [1.82, 2.24) is 9.78 Å². The van der Waals surface area contributed by atoms with Crippen LogP contribution in [0.4, 0.5) is 4.39 Å². The van der Waals surface area contributed by atoms with E-state index in [9.17, 15) is 18.8 Å². The van der Waals surface area contributed by atoms with Gasteiger partial charge in [0.15, 0.2) is 29.2 Å². The number of carbonyl (C=O) groups is 3. The number of alkyl halides is 1. The highest BCUT2D eigenvalue weighted by atomic mass is 19.1. The van der Waals surface area contributed by atoms with Gasteiger partial charge in [0.1, 0.15) is 25.5 Å². The zero-order valence-electron chi connectivity index (χ0n) is 14.6. The lowest BCUT2D eigenvalue weighted by Crippen LogP contribution is -2.34. The molecule has 1 aromatic rings. The molecule has 0 spiro atoms.